The molecule has 3 unspecified atom stereocenters. The average Bonchev–Trinajstić information content (AvgIpc) is 3.25. The highest BCUT2D eigenvalue weighted by atomic mass is 32.2. The van der Waals surface area contributed by atoms with Crippen molar-refractivity contribution >= 4 is 17.7 Å². The van der Waals surface area contributed by atoms with Gasteiger partial charge in [0.2, 0.25) is 0 Å². The summed E-state index contributed by atoms with van der Waals surface area (Å²) in [7, 11) is 1.85. The molecule has 3 aliphatic rings. The SMILES string of the molecule is CN=C(NCC1(N2CCOCC2)CCSC1)N1CC(C)OC(c2ccc(F)cc2)C1. The molecular weight excluding hydrogens is 403 g/mol. The molecule has 1 aromatic carbocycles. The van der Waals surface area contributed by atoms with E-state index in [4.69, 9.17) is 9.47 Å². The Hall–Kier alpha value is -1.35. The Kier molecular flexibility index (Phi) is 7.18. The van der Waals surface area contributed by atoms with Gasteiger partial charge in [0.25, 0.3) is 0 Å². The number of thioether (sulfide) groups is 1. The van der Waals surface area contributed by atoms with Crippen LogP contribution < -0.4 is 5.32 Å². The van der Waals surface area contributed by atoms with Crippen molar-refractivity contribution in [1.29, 1.82) is 0 Å². The molecule has 0 saturated carbocycles. The van der Waals surface area contributed by atoms with Gasteiger partial charge in [-0.05, 0) is 36.8 Å². The van der Waals surface area contributed by atoms with Crippen LogP contribution in [0.15, 0.2) is 29.3 Å². The Labute approximate surface area is 183 Å². The zero-order valence-corrected chi connectivity index (χ0v) is 18.8. The summed E-state index contributed by atoms with van der Waals surface area (Å²) in [5.74, 6) is 3.05. The van der Waals surface area contributed by atoms with Gasteiger partial charge in [0.15, 0.2) is 5.96 Å². The van der Waals surface area contributed by atoms with Crippen LogP contribution in [-0.2, 0) is 9.47 Å². The van der Waals surface area contributed by atoms with E-state index in [9.17, 15) is 4.39 Å². The lowest BCUT2D eigenvalue weighted by Crippen LogP contribution is -2.61. The van der Waals surface area contributed by atoms with Crippen LogP contribution in [0.3, 0.4) is 0 Å². The van der Waals surface area contributed by atoms with Crippen LogP contribution in [0.25, 0.3) is 0 Å². The van der Waals surface area contributed by atoms with Crippen LogP contribution in [0.4, 0.5) is 4.39 Å². The lowest BCUT2D eigenvalue weighted by Gasteiger charge is -2.44. The number of rotatable bonds is 4. The number of ether oxygens (including phenoxy) is 2. The number of benzene rings is 1. The smallest absolute Gasteiger partial charge is 0.193 e. The van der Waals surface area contributed by atoms with Crippen molar-refractivity contribution in [3.05, 3.63) is 35.6 Å². The topological polar surface area (TPSA) is 49.3 Å². The highest BCUT2D eigenvalue weighted by molar-refractivity contribution is 7.99. The third-order valence-corrected chi connectivity index (χ3v) is 7.59. The number of hydrogen-bond donors (Lipinski definition) is 1. The zero-order valence-electron chi connectivity index (χ0n) is 18.0. The summed E-state index contributed by atoms with van der Waals surface area (Å²) >= 11 is 2.04. The minimum atomic E-state index is -0.222. The summed E-state index contributed by atoms with van der Waals surface area (Å²) < 4.78 is 25.1. The minimum Gasteiger partial charge on any atom is -0.379 e. The van der Waals surface area contributed by atoms with Crippen LogP contribution in [0.2, 0.25) is 0 Å². The molecule has 0 radical (unpaired) electrons. The average molecular weight is 437 g/mol. The van der Waals surface area contributed by atoms with Crippen LogP contribution >= 0.6 is 11.8 Å². The Morgan fingerprint density at radius 2 is 2.03 bits per heavy atom. The summed E-state index contributed by atoms with van der Waals surface area (Å²) in [5.41, 5.74) is 1.17. The van der Waals surface area contributed by atoms with Gasteiger partial charge in [0.05, 0.1) is 25.9 Å². The lowest BCUT2D eigenvalue weighted by atomic mass is 9.95. The standard InChI is InChI=1S/C22H33FN4O2S/c1-17-13-26(14-20(29-17)18-3-5-19(23)6-4-18)21(24-2)25-15-22(7-12-30-16-22)27-8-10-28-11-9-27/h3-6,17,20H,7-16H2,1-2H3,(H,24,25). The van der Waals surface area contributed by atoms with Crippen molar-refractivity contribution in [2.24, 2.45) is 4.99 Å². The fourth-order valence-corrected chi connectivity index (χ4v) is 6.17. The summed E-state index contributed by atoms with van der Waals surface area (Å²) in [6, 6.07) is 6.63. The number of halogens is 1. The summed E-state index contributed by atoms with van der Waals surface area (Å²) in [6.45, 7) is 8.11. The van der Waals surface area contributed by atoms with E-state index >= 15 is 0 Å². The second-order valence-electron chi connectivity index (χ2n) is 8.42. The molecule has 3 atom stereocenters. The molecular formula is C22H33FN4O2S. The Bertz CT molecular complexity index is 720. The normalized spacial score (nSPS) is 31.2. The zero-order chi connectivity index (χ0) is 21.0. The quantitative estimate of drug-likeness (QED) is 0.578. The molecule has 0 bridgehead atoms. The Morgan fingerprint density at radius 3 is 2.70 bits per heavy atom. The minimum absolute atomic E-state index is 0.0718. The van der Waals surface area contributed by atoms with Gasteiger partial charge >= 0.3 is 0 Å². The maximum atomic E-state index is 13.3. The molecule has 30 heavy (non-hydrogen) atoms. The Balaban J connectivity index is 1.43. The van der Waals surface area contributed by atoms with Crippen LogP contribution in [-0.4, -0.2) is 91.9 Å². The van der Waals surface area contributed by atoms with E-state index in [-0.39, 0.29) is 23.6 Å². The summed E-state index contributed by atoms with van der Waals surface area (Å²) in [5, 5.41) is 3.69. The first kappa shape index (κ1) is 21.9. The van der Waals surface area contributed by atoms with Gasteiger partial charge in [-0.25, -0.2) is 4.39 Å². The van der Waals surface area contributed by atoms with Crippen LogP contribution in [0.1, 0.15) is 25.0 Å². The molecule has 6 nitrogen and oxygen atoms in total. The van der Waals surface area contributed by atoms with Gasteiger partial charge in [-0.15, -0.1) is 0 Å². The molecule has 0 spiro atoms. The molecule has 0 aliphatic carbocycles. The van der Waals surface area contributed by atoms with Gasteiger partial charge in [-0.1, -0.05) is 12.1 Å². The molecule has 8 heteroatoms. The van der Waals surface area contributed by atoms with Gasteiger partial charge < -0.3 is 19.7 Å². The molecule has 3 aliphatic heterocycles. The predicted molar refractivity (Wildman–Crippen MR) is 120 cm³/mol. The van der Waals surface area contributed by atoms with E-state index in [0.717, 1.165) is 56.7 Å². The highest BCUT2D eigenvalue weighted by Gasteiger charge is 2.41. The molecule has 3 heterocycles. The van der Waals surface area contributed by atoms with E-state index in [1.165, 1.54) is 24.3 Å². The van der Waals surface area contributed by atoms with E-state index < -0.39 is 0 Å². The second-order valence-corrected chi connectivity index (χ2v) is 9.52. The van der Waals surface area contributed by atoms with E-state index in [0.29, 0.717) is 6.54 Å². The number of aliphatic imine (C=N–C) groups is 1. The second kappa shape index (κ2) is 9.85. The van der Waals surface area contributed by atoms with Crippen molar-refractivity contribution in [2.45, 2.75) is 31.1 Å². The number of morpholine rings is 2. The maximum Gasteiger partial charge on any atom is 0.193 e. The van der Waals surface area contributed by atoms with Crippen molar-refractivity contribution in [3.63, 3.8) is 0 Å². The summed E-state index contributed by atoms with van der Waals surface area (Å²) in [4.78, 5) is 9.48. The molecule has 3 fully saturated rings. The Morgan fingerprint density at radius 1 is 1.27 bits per heavy atom. The fourth-order valence-electron chi connectivity index (χ4n) is 4.70. The number of nitrogens with one attached hydrogen (secondary N) is 1. The first-order valence-corrected chi connectivity index (χ1v) is 12.0. The van der Waals surface area contributed by atoms with Crippen molar-refractivity contribution < 1.29 is 13.9 Å². The van der Waals surface area contributed by atoms with E-state index in [2.05, 4.69) is 27.0 Å². The van der Waals surface area contributed by atoms with Crippen molar-refractivity contribution in [2.75, 3.05) is 64.5 Å². The first-order chi connectivity index (χ1) is 14.6. The highest BCUT2D eigenvalue weighted by Crippen LogP contribution is 2.34. The van der Waals surface area contributed by atoms with E-state index in [1.807, 2.05) is 30.9 Å². The fraction of sp³-hybridized carbons (Fsp3) is 0.682. The van der Waals surface area contributed by atoms with Crippen LogP contribution in [0.5, 0.6) is 0 Å². The lowest BCUT2D eigenvalue weighted by molar-refractivity contribution is -0.0608. The number of nitrogens with zero attached hydrogens (tertiary/aromatic N) is 3. The third kappa shape index (κ3) is 4.93. The van der Waals surface area contributed by atoms with Crippen molar-refractivity contribution in [1.82, 2.24) is 15.1 Å². The molecule has 1 N–H and O–H groups in total. The molecule has 0 aromatic heterocycles. The largest absolute Gasteiger partial charge is 0.379 e. The maximum absolute atomic E-state index is 13.3. The molecule has 3 saturated heterocycles. The molecule has 1 aromatic rings. The van der Waals surface area contributed by atoms with E-state index in [1.54, 1.807) is 0 Å². The van der Waals surface area contributed by atoms with Crippen LogP contribution in [0, 0.1) is 5.82 Å². The summed E-state index contributed by atoms with van der Waals surface area (Å²) in [6.07, 6.45) is 1.17. The number of guanidine groups is 1. The van der Waals surface area contributed by atoms with Gasteiger partial charge in [-0.2, -0.15) is 11.8 Å². The van der Waals surface area contributed by atoms with Crippen molar-refractivity contribution in [3.8, 4) is 0 Å². The molecule has 0 amide bonds. The third-order valence-electron chi connectivity index (χ3n) is 6.35. The van der Waals surface area contributed by atoms with Gasteiger partial charge in [0.1, 0.15) is 11.9 Å². The molecule has 166 valence electrons. The predicted octanol–water partition coefficient (Wildman–Crippen LogP) is 2.37. The van der Waals surface area contributed by atoms with Gasteiger partial charge in [0, 0.05) is 44.5 Å². The number of hydrogen-bond acceptors (Lipinski definition) is 5. The molecule has 4 rings (SSSR count). The van der Waals surface area contributed by atoms with Gasteiger partial charge in [-0.3, -0.25) is 9.89 Å². The monoisotopic (exact) mass is 436 g/mol. The first-order valence-electron chi connectivity index (χ1n) is 10.9.